The third-order valence-corrected chi connectivity index (χ3v) is 2.48. The number of imidazole rings is 1. The molecule has 0 aliphatic rings. The van der Waals surface area contributed by atoms with Gasteiger partial charge in [0.2, 0.25) is 0 Å². The molecule has 15 heavy (non-hydrogen) atoms. The normalized spacial score (nSPS) is 12.0. The summed E-state index contributed by atoms with van der Waals surface area (Å²) in [6, 6.07) is 0. The SMILES string of the molecule is CCn1cncc1CNCC(C)(C)CO. The Balaban J connectivity index is 2.38. The average Bonchev–Trinajstić information content (AvgIpc) is 2.65. The van der Waals surface area contributed by atoms with Crippen molar-refractivity contribution in [2.45, 2.75) is 33.9 Å². The molecule has 4 heteroatoms. The van der Waals surface area contributed by atoms with Crippen molar-refractivity contribution in [2.75, 3.05) is 13.2 Å². The average molecular weight is 211 g/mol. The minimum atomic E-state index is -0.0585. The molecule has 0 aliphatic heterocycles. The highest BCUT2D eigenvalue weighted by Crippen LogP contribution is 2.11. The lowest BCUT2D eigenvalue weighted by molar-refractivity contribution is 0.156. The van der Waals surface area contributed by atoms with E-state index in [9.17, 15) is 0 Å². The molecule has 1 rings (SSSR count). The Labute approximate surface area is 91.3 Å². The van der Waals surface area contributed by atoms with E-state index in [2.05, 4.69) is 21.8 Å². The van der Waals surface area contributed by atoms with E-state index in [1.54, 1.807) is 0 Å². The van der Waals surface area contributed by atoms with Gasteiger partial charge in [-0.25, -0.2) is 4.98 Å². The number of aliphatic hydroxyl groups is 1. The summed E-state index contributed by atoms with van der Waals surface area (Å²) >= 11 is 0. The van der Waals surface area contributed by atoms with Crippen molar-refractivity contribution >= 4 is 0 Å². The fourth-order valence-electron chi connectivity index (χ4n) is 1.36. The number of rotatable bonds is 6. The Morgan fingerprint density at radius 1 is 1.53 bits per heavy atom. The van der Waals surface area contributed by atoms with Gasteiger partial charge < -0.3 is 15.0 Å². The van der Waals surface area contributed by atoms with E-state index in [-0.39, 0.29) is 12.0 Å². The highest BCUT2D eigenvalue weighted by molar-refractivity contribution is 4.97. The van der Waals surface area contributed by atoms with Crippen molar-refractivity contribution < 1.29 is 5.11 Å². The number of hydrogen-bond donors (Lipinski definition) is 2. The first-order valence-electron chi connectivity index (χ1n) is 5.39. The standard InChI is InChI=1S/C11H21N3O/c1-4-14-9-13-6-10(14)5-12-7-11(2,3)8-15/h6,9,12,15H,4-5,7-8H2,1-3H3. The first kappa shape index (κ1) is 12.2. The second-order valence-electron chi connectivity index (χ2n) is 4.60. The fraction of sp³-hybridized carbons (Fsp3) is 0.727. The zero-order valence-electron chi connectivity index (χ0n) is 9.82. The molecule has 1 aromatic heterocycles. The molecule has 0 spiro atoms. The first-order valence-corrected chi connectivity index (χ1v) is 5.39. The quantitative estimate of drug-likeness (QED) is 0.738. The van der Waals surface area contributed by atoms with Gasteiger partial charge in [0.05, 0.1) is 12.0 Å². The molecule has 86 valence electrons. The van der Waals surface area contributed by atoms with Crippen LogP contribution in [0.4, 0.5) is 0 Å². The van der Waals surface area contributed by atoms with Crippen LogP contribution in [0.1, 0.15) is 26.5 Å². The molecule has 0 amide bonds. The van der Waals surface area contributed by atoms with Gasteiger partial charge >= 0.3 is 0 Å². The Morgan fingerprint density at radius 2 is 2.27 bits per heavy atom. The number of aromatic nitrogens is 2. The summed E-state index contributed by atoms with van der Waals surface area (Å²) in [5, 5.41) is 12.4. The molecule has 0 aromatic carbocycles. The zero-order valence-corrected chi connectivity index (χ0v) is 9.82. The molecule has 1 heterocycles. The molecule has 0 fully saturated rings. The Kier molecular flexibility index (Phi) is 4.29. The topological polar surface area (TPSA) is 50.1 Å². The van der Waals surface area contributed by atoms with E-state index in [0.717, 1.165) is 19.6 Å². The van der Waals surface area contributed by atoms with Crippen molar-refractivity contribution in [3.8, 4) is 0 Å². The molecule has 0 bridgehead atoms. The Morgan fingerprint density at radius 3 is 2.87 bits per heavy atom. The number of nitrogens with zero attached hydrogens (tertiary/aromatic N) is 2. The van der Waals surface area contributed by atoms with Crippen LogP contribution in [0, 0.1) is 5.41 Å². The summed E-state index contributed by atoms with van der Waals surface area (Å²) < 4.78 is 2.11. The molecule has 0 saturated carbocycles. The monoisotopic (exact) mass is 211 g/mol. The van der Waals surface area contributed by atoms with E-state index >= 15 is 0 Å². The van der Waals surface area contributed by atoms with E-state index in [1.807, 2.05) is 26.4 Å². The van der Waals surface area contributed by atoms with Crippen LogP contribution in [0.25, 0.3) is 0 Å². The van der Waals surface area contributed by atoms with E-state index in [4.69, 9.17) is 5.11 Å². The smallest absolute Gasteiger partial charge is 0.0948 e. The third kappa shape index (κ3) is 3.64. The van der Waals surface area contributed by atoms with Crippen LogP contribution in [0.2, 0.25) is 0 Å². The van der Waals surface area contributed by atoms with Gasteiger partial charge in [0.25, 0.3) is 0 Å². The maximum atomic E-state index is 9.09. The van der Waals surface area contributed by atoms with Crippen LogP contribution in [0.5, 0.6) is 0 Å². The minimum Gasteiger partial charge on any atom is -0.396 e. The lowest BCUT2D eigenvalue weighted by atomic mass is 9.95. The summed E-state index contributed by atoms with van der Waals surface area (Å²) in [6.45, 7) is 8.93. The number of aryl methyl sites for hydroxylation is 1. The van der Waals surface area contributed by atoms with Crippen LogP contribution in [-0.4, -0.2) is 27.8 Å². The van der Waals surface area contributed by atoms with Gasteiger partial charge in [-0.2, -0.15) is 0 Å². The number of nitrogens with one attached hydrogen (secondary N) is 1. The minimum absolute atomic E-state index is 0.0585. The molecule has 2 N–H and O–H groups in total. The Hall–Kier alpha value is -0.870. The van der Waals surface area contributed by atoms with Crippen molar-refractivity contribution in [1.82, 2.24) is 14.9 Å². The van der Waals surface area contributed by atoms with Crippen LogP contribution < -0.4 is 5.32 Å². The maximum absolute atomic E-state index is 9.09. The van der Waals surface area contributed by atoms with Crippen molar-refractivity contribution in [1.29, 1.82) is 0 Å². The zero-order chi connectivity index (χ0) is 11.3. The van der Waals surface area contributed by atoms with Gasteiger partial charge in [0, 0.05) is 37.9 Å². The van der Waals surface area contributed by atoms with Gasteiger partial charge in [0.15, 0.2) is 0 Å². The second-order valence-corrected chi connectivity index (χ2v) is 4.60. The van der Waals surface area contributed by atoms with Crippen molar-refractivity contribution in [3.05, 3.63) is 18.2 Å². The summed E-state index contributed by atoms with van der Waals surface area (Å²) in [5.74, 6) is 0. The van der Waals surface area contributed by atoms with E-state index in [1.165, 1.54) is 5.69 Å². The predicted octanol–water partition coefficient (Wildman–Crippen LogP) is 1.01. The Bertz CT molecular complexity index is 294. The van der Waals surface area contributed by atoms with Crippen LogP contribution in [0.3, 0.4) is 0 Å². The number of aliphatic hydroxyl groups excluding tert-OH is 1. The molecule has 0 saturated heterocycles. The molecule has 0 unspecified atom stereocenters. The molecule has 0 aliphatic carbocycles. The van der Waals surface area contributed by atoms with Crippen LogP contribution >= 0.6 is 0 Å². The predicted molar refractivity (Wildman–Crippen MR) is 60.5 cm³/mol. The lowest BCUT2D eigenvalue weighted by Gasteiger charge is -2.22. The largest absolute Gasteiger partial charge is 0.396 e. The van der Waals surface area contributed by atoms with Gasteiger partial charge in [-0.15, -0.1) is 0 Å². The molecule has 1 aromatic rings. The maximum Gasteiger partial charge on any atom is 0.0948 e. The first-order chi connectivity index (χ1) is 7.09. The summed E-state index contributed by atoms with van der Waals surface area (Å²) in [6.07, 6.45) is 3.72. The van der Waals surface area contributed by atoms with Gasteiger partial charge in [-0.3, -0.25) is 0 Å². The van der Waals surface area contributed by atoms with E-state index < -0.39 is 0 Å². The molecule has 4 nitrogen and oxygen atoms in total. The third-order valence-electron chi connectivity index (χ3n) is 2.48. The molecular formula is C11H21N3O. The summed E-state index contributed by atoms with van der Waals surface area (Å²) in [7, 11) is 0. The number of hydrogen-bond acceptors (Lipinski definition) is 3. The molecule has 0 radical (unpaired) electrons. The highest BCUT2D eigenvalue weighted by Gasteiger charge is 2.15. The lowest BCUT2D eigenvalue weighted by Crippen LogP contribution is -2.32. The summed E-state index contributed by atoms with van der Waals surface area (Å²) in [5.41, 5.74) is 1.13. The highest BCUT2D eigenvalue weighted by atomic mass is 16.3. The van der Waals surface area contributed by atoms with Crippen molar-refractivity contribution in [3.63, 3.8) is 0 Å². The summed E-state index contributed by atoms with van der Waals surface area (Å²) in [4.78, 5) is 4.10. The molecule has 0 atom stereocenters. The van der Waals surface area contributed by atoms with Crippen LogP contribution in [0.15, 0.2) is 12.5 Å². The van der Waals surface area contributed by atoms with Gasteiger partial charge in [-0.1, -0.05) is 13.8 Å². The van der Waals surface area contributed by atoms with Gasteiger partial charge in [0.1, 0.15) is 0 Å². The fourth-order valence-corrected chi connectivity index (χ4v) is 1.36. The van der Waals surface area contributed by atoms with E-state index in [0.29, 0.717) is 0 Å². The van der Waals surface area contributed by atoms with Crippen LogP contribution in [-0.2, 0) is 13.1 Å². The second kappa shape index (κ2) is 5.28. The van der Waals surface area contributed by atoms with Crippen molar-refractivity contribution in [2.24, 2.45) is 5.41 Å². The molecular weight excluding hydrogens is 190 g/mol. The van der Waals surface area contributed by atoms with Gasteiger partial charge in [-0.05, 0) is 6.92 Å².